The molecular formula is C28H27N3O5. The summed E-state index contributed by atoms with van der Waals surface area (Å²) < 4.78 is 5.50. The van der Waals surface area contributed by atoms with Crippen molar-refractivity contribution in [2.75, 3.05) is 13.2 Å². The molecule has 36 heavy (non-hydrogen) atoms. The lowest BCUT2D eigenvalue weighted by Crippen LogP contribution is -2.30. The first-order valence-corrected chi connectivity index (χ1v) is 11.9. The Hall–Kier alpha value is -4.01. The van der Waals surface area contributed by atoms with Gasteiger partial charge in [-0.15, -0.1) is 0 Å². The average Bonchev–Trinajstić information content (AvgIpc) is 3.20. The zero-order chi connectivity index (χ0) is 25.2. The molecule has 0 saturated carbocycles. The van der Waals surface area contributed by atoms with E-state index >= 15 is 0 Å². The van der Waals surface area contributed by atoms with Crippen LogP contribution in [0.15, 0.2) is 71.5 Å². The van der Waals surface area contributed by atoms with E-state index in [2.05, 4.69) is 39.6 Å². The van der Waals surface area contributed by atoms with Gasteiger partial charge >= 0.3 is 6.09 Å². The third-order valence-corrected chi connectivity index (χ3v) is 6.61. The second-order valence-corrected chi connectivity index (χ2v) is 8.98. The Bertz CT molecular complexity index is 1440. The monoisotopic (exact) mass is 485 g/mol. The molecule has 1 heterocycles. The normalized spacial score (nSPS) is 14.2. The number of fused-ring (bicyclic) bond motifs is 4. The zero-order valence-electron chi connectivity index (χ0n) is 19.8. The maximum Gasteiger partial charge on any atom is 0.407 e. The van der Waals surface area contributed by atoms with Crippen LogP contribution in [0.5, 0.6) is 0 Å². The summed E-state index contributed by atoms with van der Waals surface area (Å²) >= 11 is 0. The molecule has 184 valence electrons. The number of ether oxygens (including phenoxy) is 1. The molecule has 0 radical (unpaired) electrons. The number of alkyl carbamates (subject to hydrolysis) is 1. The van der Waals surface area contributed by atoms with E-state index < -0.39 is 18.3 Å². The Kier molecular flexibility index (Phi) is 6.54. The van der Waals surface area contributed by atoms with Gasteiger partial charge < -0.3 is 25.3 Å². The predicted molar refractivity (Wildman–Crippen MR) is 136 cm³/mol. The molecule has 5 rings (SSSR count). The molecule has 4 N–H and O–H groups in total. The molecule has 0 spiro atoms. The summed E-state index contributed by atoms with van der Waals surface area (Å²) in [5, 5.41) is 24.0. The lowest BCUT2D eigenvalue weighted by Gasteiger charge is -2.19. The highest BCUT2D eigenvalue weighted by atomic mass is 16.5. The molecule has 1 aliphatic rings. The number of nitrogens with zero attached hydrogens (tertiary/aromatic N) is 1. The van der Waals surface area contributed by atoms with Crippen LogP contribution in [0.4, 0.5) is 4.79 Å². The molecule has 2 atom stereocenters. The van der Waals surface area contributed by atoms with Gasteiger partial charge in [-0.25, -0.2) is 9.78 Å². The number of aliphatic hydroxyl groups excluding tert-OH is 2. The van der Waals surface area contributed by atoms with E-state index in [-0.39, 0.29) is 31.0 Å². The van der Waals surface area contributed by atoms with E-state index in [1.165, 1.54) is 6.07 Å². The Morgan fingerprint density at radius 3 is 2.42 bits per heavy atom. The first-order valence-electron chi connectivity index (χ1n) is 11.9. The van der Waals surface area contributed by atoms with Crippen molar-refractivity contribution in [2.45, 2.75) is 31.5 Å². The van der Waals surface area contributed by atoms with Crippen LogP contribution in [0, 0.1) is 6.92 Å². The number of hydrogen-bond acceptors (Lipinski definition) is 6. The van der Waals surface area contributed by atoms with Gasteiger partial charge in [-0.2, -0.15) is 0 Å². The van der Waals surface area contributed by atoms with Gasteiger partial charge in [0.25, 0.3) is 5.56 Å². The number of aromatic amines is 1. The lowest BCUT2D eigenvalue weighted by atomic mass is 9.98. The van der Waals surface area contributed by atoms with Gasteiger partial charge in [0.15, 0.2) is 0 Å². The minimum Gasteiger partial charge on any atom is -0.449 e. The molecule has 8 heteroatoms. The van der Waals surface area contributed by atoms with Crippen molar-refractivity contribution in [1.29, 1.82) is 0 Å². The van der Waals surface area contributed by atoms with Gasteiger partial charge in [-0.1, -0.05) is 54.6 Å². The van der Waals surface area contributed by atoms with E-state index in [1.807, 2.05) is 24.3 Å². The van der Waals surface area contributed by atoms with Gasteiger partial charge in [0.1, 0.15) is 18.5 Å². The first kappa shape index (κ1) is 23.7. The summed E-state index contributed by atoms with van der Waals surface area (Å²) in [5.74, 6) is 0.463. The number of H-pyrrole nitrogens is 1. The largest absolute Gasteiger partial charge is 0.449 e. The second-order valence-electron chi connectivity index (χ2n) is 8.98. The predicted octanol–water partition coefficient (Wildman–Crippen LogP) is 3.55. The molecule has 1 amide bonds. The summed E-state index contributed by atoms with van der Waals surface area (Å²) in [6.07, 6.45) is -2.85. The van der Waals surface area contributed by atoms with E-state index in [0.717, 1.165) is 22.3 Å². The number of aliphatic hydroxyl groups is 2. The molecule has 0 aliphatic heterocycles. The quantitative estimate of drug-likeness (QED) is 0.317. The molecule has 0 bridgehead atoms. The summed E-state index contributed by atoms with van der Waals surface area (Å²) in [7, 11) is 0. The molecule has 4 aromatic rings. The number of rotatable bonds is 7. The Morgan fingerprint density at radius 1 is 1.06 bits per heavy atom. The van der Waals surface area contributed by atoms with E-state index in [0.29, 0.717) is 22.3 Å². The molecule has 0 saturated heterocycles. The van der Waals surface area contributed by atoms with Crippen LogP contribution in [-0.4, -0.2) is 45.5 Å². The number of aromatic nitrogens is 2. The van der Waals surface area contributed by atoms with Crippen LogP contribution in [0.1, 0.15) is 41.0 Å². The minimum absolute atomic E-state index is 0.0371. The number of nitrogens with one attached hydrogen (secondary N) is 2. The van der Waals surface area contributed by atoms with Crippen LogP contribution in [0.3, 0.4) is 0 Å². The molecule has 1 aliphatic carbocycles. The van der Waals surface area contributed by atoms with Crippen molar-refractivity contribution in [2.24, 2.45) is 0 Å². The van der Waals surface area contributed by atoms with Gasteiger partial charge in [-0.3, -0.25) is 4.79 Å². The van der Waals surface area contributed by atoms with Crippen molar-refractivity contribution >= 4 is 17.0 Å². The minimum atomic E-state index is -1.22. The van der Waals surface area contributed by atoms with Gasteiger partial charge in [0.05, 0.1) is 17.0 Å². The number of carbonyl (C=O) groups excluding carboxylic acids is 1. The number of carbonyl (C=O) groups is 1. The number of benzene rings is 3. The van der Waals surface area contributed by atoms with Crippen molar-refractivity contribution < 1.29 is 19.7 Å². The van der Waals surface area contributed by atoms with Crippen molar-refractivity contribution in [1.82, 2.24) is 15.3 Å². The Balaban J connectivity index is 1.15. The fraction of sp³-hybridized carbons (Fsp3) is 0.250. The summed E-state index contributed by atoms with van der Waals surface area (Å²) in [6.45, 7) is 2.00. The molecule has 3 aromatic carbocycles. The average molecular weight is 486 g/mol. The lowest BCUT2D eigenvalue weighted by molar-refractivity contribution is 0.0137. The fourth-order valence-electron chi connectivity index (χ4n) is 4.81. The van der Waals surface area contributed by atoms with Crippen molar-refractivity contribution in [3.05, 3.63) is 99.6 Å². The van der Waals surface area contributed by atoms with Crippen molar-refractivity contribution in [3.8, 4) is 11.1 Å². The van der Waals surface area contributed by atoms with Crippen LogP contribution < -0.4 is 10.9 Å². The Labute approximate surface area is 207 Å². The topological polar surface area (TPSA) is 125 Å². The van der Waals surface area contributed by atoms with Crippen LogP contribution in [0.25, 0.3) is 22.0 Å². The number of amides is 1. The van der Waals surface area contributed by atoms with Gasteiger partial charge in [0, 0.05) is 12.5 Å². The molecule has 2 unspecified atom stereocenters. The molecule has 8 nitrogen and oxygen atoms in total. The van der Waals surface area contributed by atoms with Crippen LogP contribution >= 0.6 is 0 Å². The zero-order valence-corrected chi connectivity index (χ0v) is 19.8. The highest BCUT2D eigenvalue weighted by Gasteiger charge is 2.29. The SMILES string of the molecule is Cc1nc2ccc(C(O)C(O)CCNC(=O)OCC3c4ccccc4-c4ccccc43)cc2c(=O)[nH]1. The third kappa shape index (κ3) is 4.60. The Morgan fingerprint density at radius 2 is 1.72 bits per heavy atom. The highest BCUT2D eigenvalue weighted by molar-refractivity contribution is 5.79. The molecule has 0 fully saturated rings. The van der Waals surface area contributed by atoms with E-state index in [9.17, 15) is 19.8 Å². The molecule has 1 aromatic heterocycles. The van der Waals surface area contributed by atoms with E-state index in [4.69, 9.17) is 4.74 Å². The number of hydrogen-bond donors (Lipinski definition) is 4. The second kappa shape index (κ2) is 9.93. The van der Waals surface area contributed by atoms with E-state index in [1.54, 1.807) is 19.1 Å². The van der Waals surface area contributed by atoms with Crippen molar-refractivity contribution in [3.63, 3.8) is 0 Å². The summed E-state index contributed by atoms with van der Waals surface area (Å²) in [6, 6.07) is 21.0. The molecular weight excluding hydrogens is 458 g/mol. The van der Waals surface area contributed by atoms with Crippen LogP contribution in [-0.2, 0) is 4.74 Å². The first-order chi connectivity index (χ1) is 17.4. The fourth-order valence-corrected chi connectivity index (χ4v) is 4.81. The standard InChI is InChI=1S/C28H27N3O5/c1-16-30-24-11-10-17(14-22(24)27(34)31-16)26(33)25(32)12-13-29-28(35)36-15-23-20-8-4-2-6-18(20)19-7-3-5-9-21(19)23/h2-11,14,23,25-26,32-33H,12-13,15H2,1H3,(H,29,35)(H,30,31,34). The maximum absolute atomic E-state index is 12.3. The van der Waals surface area contributed by atoms with Crippen LogP contribution in [0.2, 0.25) is 0 Å². The highest BCUT2D eigenvalue weighted by Crippen LogP contribution is 2.44. The summed E-state index contributed by atoms with van der Waals surface area (Å²) in [5.41, 5.74) is 5.17. The number of aryl methyl sites for hydroxylation is 1. The van der Waals surface area contributed by atoms with Gasteiger partial charge in [0.2, 0.25) is 0 Å². The summed E-state index contributed by atoms with van der Waals surface area (Å²) in [4.78, 5) is 31.4. The van der Waals surface area contributed by atoms with Gasteiger partial charge in [-0.05, 0) is 53.3 Å². The third-order valence-electron chi connectivity index (χ3n) is 6.61. The maximum atomic E-state index is 12.3. The smallest absolute Gasteiger partial charge is 0.407 e.